The molecule has 0 unspecified atom stereocenters. The Kier molecular flexibility index (Phi) is 7.39. The van der Waals surface area contributed by atoms with E-state index >= 15 is 0 Å². The number of hydrogen-bond acceptors (Lipinski definition) is 4. The van der Waals surface area contributed by atoms with E-state index in [1.807, 2.05) is 6.92 Å². The second-order valence-corrected chi connectivity index (χ2v) is 4.68. The van der Waals surface area contributed by atoms with Gasteiger partial charge >= 0.3 is 12.6 Å². The fourth-order valence-corrected chi connectivity index (χ4v) is 1.99. The molecule has 0 heterocycles. The van der Waals surface area contributed by atoms with Crippen molar-refractivity contribution in [2.24, 2.45) is 0 Å². The lowest BCUT2D eigenvalue weighted by Crippen LogP contribution is -2.30. The van der Waals surface area contributed by atoms with E-state index < -0.39 is 6.61 Å². The fraction of sp³-hybridized carbons (Fsp3) is 0.500. The van der Waals surface area contributed by atoms with Gasteiger partial charge in [-0.15, -0.1) is 0 Å². The monoisotopic (exact) mass is 321 g/mol. The molecule has 0 aromatic heterocycles. The summed E-state index contributed by atoms with van der Waals surface area (Å²) < 4.78 is 34.1. The van der Waals surface area contributed by atoms with Crippen molar-refractivity contribution in [3.63, 3.8) is 0 Å². The minimum atomic E-state index is -2.91. The predicted molar refractivity (Wildman–Crippen MR) is 75.7 cm³/mol. The highest BCUT2D eigenvalue weighted by molar-refractivity contribution is 6.30. The Morgan fingerprint density at radius 3 is 2.67 bits per heavy atom. The summed E-state index contributed by atoms with van der Waals surface area (Å²) in [5, 5.41) is 0.416. The maximum Gasteiger partial charge on any atom is 0.387 e. The first-order chi connectivity index (χ1) is 9.96. The van der Waals surface area contributed by atoms with Crippen LogP contribution in [0.15, 0.2) is 18.2 Å². The molecule has 0 saturated carbocycles. The Morgan fingerprint density at radius 1 is 1.38 bits per heavy atom. The quantitative estimate of drug-likeness (QED) is 0.688. The molecule has 0 fully saturated rings. The number of esters is 1. The lowest BCUT2D eigenvalue weighted by atomic mass is 10.2. The van der Waals surface area contributed by atoms with E-state index in [4.69, 9.17) is 16.3 Å². The zero-order valence-corrected chi connectivity index (χ0v) is 12.7. The van der Waals surface area contributed by atoms with Crippen molar-refractivity contribution in [1.82, 2.24) is 4.90 Å². The summed E-state index contributed by atoms with van der Waals surface area (Å²) in [6, 6.07) is 4.42. The van der Waals surface area contributed by atoms with Crippen LogP contribution < -0.4 is 4.74 Å². The molecule has 0 aliphatic heterocycles. The van der Waals surface area contributed by atoms with Crippen molar-refractivity contribution in [3.8, 4) is 5.75 Å². The molecule has 1 rings (SSSR count). The number of carbonyl (C=O) groups excluding carboxylic acids is 1. The number of likely N-dealkylation sites (N-methyl/N-ethyl adjacent to an activating group) is 1. The number of rotatable bonds is 8. The third kappa shape index (κ3) is 6.27. The Hall–Kier alpha value is -1.40. The van der Waals surface area contributed by atoms with Gasteiger partial charge in [-0.3, -0.25) is 9.69 Å². The van der Waals surface area contributed by atoms with Crippen molar-refractivity contribution in [2.75, 3.05) is 19.7 Å². The minimum absolute atomic E-state index is 0.0525. The molecule has 0 spiro atoms. The van der Waals surface area contributed by atoms with E-state index in [0.717, 1.165) is 0 Å². The molecule has 0 atom stereocenters. The lowest BCUT2D eigenvalue weighted by molar-refractivity contribution is -0.144. The molecular formula is C14H18ClF2NO3. The number of benzene rings is 1. The van der Waals surface area contributed by atoms with Crippen molar-refractivity contribution in [2.45, 2.75) is 27.0 Å². The molecule has 7 heteroatoms. The minimum Gasteiger partial charge on any atom is -0.465 e. The Labute approximate surface area is 127 Å². The van der Waals surface area contributed by atoms with Crippen LogP contribution in [0.2, 0.25) is 5.02 Å². The summed E-state index contributed by atoms with van der Waals surface area (Å²) in [5.41, 5.74) is 0.494. The lowest BCUT2D eigenvalue weighted by Gasteiger charge is -2.21. The molecule has 0 aliphatic carbocycles. The molecule has 1 aromatic carbocycles. The number of halogens is 3. The van der Waals surface area contributed by atoms with E-state index in [9.17, 15) is 13.6 Å². The van der Waals surface area contributed by atoms with Gasteiger partial charge < -0.3 is 9.47 Å². The first kappa shape index (κ1) is 17.7. The van der Waals surface area contributed by atoms with E-state index in [-0.39, 0.29) is 24.8 Å². The van der Waals surface area contributed by atoms with Gasteiger partial charge in [0.25, 0.3) is 0 Å². The average Bonchev–Trinajstić information content (AvgIpc) is 2.40. The summed E-state index contributed by atoms with van der Waals surface area (Å²) in [5.74, 6) is -0.311. The third-order valence-corrected chi connectivity index (χ3v) is 2.97. The van der Waals surface area contributed by atoms with Gasteiger partial charge in [-0.2, -0.15) is 8.78 Å². The van der Waals surface area contributed by atoms with Crippen LogP contribution in [-0.2, 0) is 16.1 Å². The Bertz CT molecular complexity index is 472. The second kappa shape index (κ2) is 8.79. The van der Waals surface area contributed by atoms with Crippen LogP contribution in [0, 0.1) is 0 Å². The molecule has 0 saturated heterocycles. The third-order valence-electron chi connectivity index (χ3n) is 2.74. The summed E-state index contributed by atoms with van der Waals surface area (Å²) in [6.45, 7) is 1.86. The van der Waals surface area contributed by atoms with Gasteiger partial charge in [-0.05, 0) is 31.7 Å². The van der Waals surface area contributed by atoms with Crippen LogP contribution >= 0.6 is 11.6 Å². The fourth-order valence-electron chi connectivity index (χ4n) is 1.79. The van der Waals surface area contributed by atoms with Crippen LogP contribution in [0.5, 0.6) is 5.75 Å². The smallest absolute Gasteiger partial charge is 0.387 e. The average molecular weight is 322 g/mol. The molecule has 118 valence electrons. The SMILES string of the molecule is CCOC(=O)CN(CC)Cc1cc(Cl)ccc1OC(F)F. The van der Waals surface area contributed by atoms with Gasteiger partial charge in [0.1, 0.15) is 5.75 Å². The number of carbonyl (C=O) groups is 1. The van der Waals surface area contributed by atoms with Gasteiger partial charge in [0.2, 0.25) is 0 Å². The summed E-state index contributed by atoms with van der Waals surface area (Å²) in [6.07, 6.45) is 0. The molecular weight excluding hydrogens is 304 g/mol. The van der Waals surface area contributed by atoms with Gasteiger partial charge in [0, 0.05) is 17.1 Å². The van der Waals surface area contributed by atoms with Gasteiger partial charge in [-0.1, -0.05) is 18.5 Å². The maximum absolute atomic E-state index is 12.4. The van der Waals surface area contributed by atoms with E-state index in [1.165, 1.54) is 12.1 Å². The van der Waals surface area contributed by atoms with Crippen LogP contribution in [0.3, 0.4) is 0 Å². The van der Waals surface area contributed by atoms with E-state index in [0.29, 0.717) is 23.7 Å². The topological polar surface area (TPSA) is 38.8 Å². The molecule has 4 nitrogen and oxygen atoms in total. The first-order valence-electron chi connectivity index (χ1n) is 6.57. The number of hydrogen-bond donors (Lipinski definition) is 0. The Morgan fingerprint density at radius 2 is 2.10 bits per heavy atom. The summed E-state index contributed by atoms with van der Waals surface area (Å²) >= 11 is 5.88. The highest BCUT2D eigenvalue weighted by Crippen LogP contribution is 2.25. The summed E-state index contributed by atoms with van der Waals surface area (Å²) in [7, 11) is 0. The molecule has 0 aliphatic rings. The Balaban J connectivity index is 2.82. The van der Waals surface area contributed by atoms with Crippen LogP contribution in [0.4, 0.5) is 8.78 Å². The van der Waals surface area contributed by atoms with Crippen molar-refractivity contribution >= 4 is 17.6 Å². The molecule has 0 bridgehead atoms. The zero-order valence-electron chi connectivity index (χ0n) is 11.9. The zero-order chi connectivity index (χ0) is 15.8. The molecule has 0 radical (unpaired) electrons. The molecule has 0 N–H and O–H groups in total. The maximum atomic E-state index is 12.4. The van der Waals surface area contributed by atoms with Crippen LogP contribution in [0.1, 0.15) is 19.4 Å². The van der Waals surface area contributed by atoms with Crippen LogP contribution in [0.25, 0.3) is 0 Å². The van der Waals surface area contributed by atoms with Crippen molar-refractivity contribution in [1.29, 1.82) is 0 Å². The molecule has 1 aromatic rings. The molecule has 0 amide bonds. The number of nitrogens with zero attached hydrogens (tertiary/aromatic N) is 1. The first-order valence-corrected chi connectivity index (χ1v) is 6.95. The second-order valence-electron chi connectivity index (χ2n) is 4.24. The van der Waals surface area contributed by atoms with E-state index in [2.05, 4.69) is 4.74 Å². The normalized spacial score (nSPS) is 11.0. The molecule has 21 heavy (non-hydrogen) atoms. The van der Waals surface area contributed by atoms with E-state index in [1.54, 1.807) is 17.9 Å². The summed E-state index contributed by atoms with van der Waals surface area (Å²) in [4.78, 5) is 13.2. The van der Waals surface area contributed by atoms with Crippen molar-refractivity contribution in [3.05, 3.63) is 28.8 Å². The highest BCUT2D eigenvalue weighted by atomic mass is 35.5. The number of ether oxygens (including phenoxy) is 2. The van der Waals surface area contributed by atoms with Gasteiger partial charge in [0.05, 0.1) is 13.2 Å². The van der Waals surface area contributed by atoms with Crippen molar-refractivity contribution < 1.29 is 23.0 Å². The highest BCUT2D eigenvalue weighted by Gasteiger charge is 2.15. The predicted octanol–water partition coefficient (Wildman–Crippen LogP) is 3.33. The van der Waals surface area contributed by atoms with Gasteiger partial charge in [0.15, 0.2) is 0 Å². The van der Waals surface area contributed by atoms with Gasteiger partial charge in [-0.25, -0.2) is 0 Å². The largest absolute Gasteiger partial charge is 0.465 e. The van der Waals surface area contributed by atoms with Crippen LogP contribution in [-0.4, -0.2) is 37.2 Å². The standard InChI is InChI=1S/C14H18ClF2NO3/c1-3-18(9-13(19)20-4-2)8-10-7-11(15)5-6-12(10)21-14(16)17/h5-7,14H,3-4,8-9H2,1-2H3. The number of alkyl halides is 2.